The molecule has 0 unspecified atom stereocenters. The maximum Gasteiger partial charge on any atom is 0.222 e. The fourth-order valence-corrected chi connectivity index (χ4v) is 3.46. The lowest BCUT2D eigenvalue weighted by Gasteiger charge is -2.26. The molecule has 0 atom stereocenters. The first-order chi connectivity index (χ1) is 13.7. The van der Waals surface area contributed by atoms with Crippen molar-refractivity contribution < 1.29 is 9.53 Å². The minimum absolute atomic E-state index is 0.191. The second kappa shape index (κ2) is 8.25. The number of aromatic nitrogens is 2. The molecule has 0 saturated carbocycles. The van der Waals surface area contributed by atoms with Crippen molar-refractivity contribution in [2.24, 2.45) is 0 Å². The van der Waals surface area contributed by atoms with E-state index in [0.29, 0.717) is 25.3 Å². The summed E-state index contributed by atoms with van der Waals surface area (Å²) in [5, 5.41) is 4.41. The van der Waals surface area contributed by atoms with E-state index < -0.39 is 0 Å². The van der Waals surface area contributed by atoms with Crippen LogP contribution < -0.4 is 10.1 Å². The van der Waals surface area contributed by atoms with Crippen molar-refractivity contribution in [1.29, 1.82) is 0 Å². The Balaban J connectivity index is 1.57. The highest BCUT2D eigenvalue weighted by molar-refractivity contribution is 5.89. The lowest BCUT2D eigenvalue weighted by atomic mass is 10.1. The van der Waals surface area contributed by atoms with E-state index in [0.717, 1.165) is 47.4 Å². The average Bonchev–Trinajstić information content (AvgIpc) is 2.74. The Labute approximate surface area is 164 Å². The normalized spacial score (nSPS) is 14.3. The highest BCUT2D eigenvalue weighted by atomic mass is 16.5. The van der Waals surface area contributed by atoms with Gasteiger partial charge in [0.1, 0.15) is 11.6 Å². The van der Waals surface area contributed by atoms with Gasteiger partial charge in [0, 0.05) is 24.9 Å². The summed E-state index contributed by atoms with van der Waals surface area (Å²) in [5.41, 5.74) is 2.02. The van der Waals surface area contributed by atoms with Crippen molar-refractivity contribution >= 4 is 22.6 Å². The van der Waals surface area contributed by atoms with Gasteiger partial charge in [-0.25, -0.2) is 9.97 Å². The smallest absolute Gasteiger partial charge is 0.222 e. The number of nitrogens with zero attached hydrogens (tertiary/aromatic N) is 3. The molecule has 2 heterocycles. The summed E-state index contributed by atoms with van der Waals surface area (Å²) in [5.74, 6) is 2.49. The molecule has 0 bridgehead atoms. The van der Waals surface area contributed by atoms with E-state index in [4.69, 9.17) is 9.72 Å². The molecule has 1 N–H and O–H groups in total. The van der Waals surface area contributed by atoms with Crippen molar-refractivity contribution in [3.8, 4) is 5.75 Å². The number of hydrogen-bond donors (Lipinski definition) is 1. The molecule has 0 radical (unpaired) electrons. The zero-order valence-electron chi connectivity index (χ0n) is 16.0. The minimum atomic E-state index is 0.191. The Morgan fingerprint density at radius 1 is 1.07 bits per heavy atom. The fourth-order valence-electron chi connectivity index (χ4n) is 3.46. The molecular weight excluding hydrogens is 352 g/mol. The van der Waals surface area contributed by atoms with Crippen molar-refractivity contribution in [3.05, 3.63) is 59.9 Å². The maximum absolute atomic E-state index is 12.2. The SMILES string of the molecule is COc1ccc(CNc2nc(CN3CCCCC3=O)nc3ccccc23)cc1. The third kappa shape index (κ3) is 4.06. The number of nitrogens with one attached hydrogen (secondary N) is 1. The van der Waals surface area contributed by atoms with Gasteiger partial charge in [0.05, 0.1) is 19.2 Å². The van der Waals surface area contributed by atoms with Gasteiger partial charge in [-0.2, -0.15) is 0 Å². The number of rotatable bonds is 6. The number of methoxy groups -OCH3 is 1. The molecule has 1 fully saturated rings. The number of para-hydroxylation sites is 1. The predicted molar refractivity (Wildman–Crippen MR) is 109 cm³/mol. The van der Waals surface area contributed by atoms with E-state index in [1.807, 2.05) is 53.4 Å². The molecule has 1 aliphatic heterocycles. The van der Waals surface area contributed by atoms with Gasteiger partial charge >= 0.3 is 0 Å². The predicted octanol–water partition coefficient (Wildman–Crippen LogP) is 3.76. The monoisotopic (exact) mass is 376 g/mol. The highest BCUT2D eigenvalue weighted by Gasteiger charge is 2.19. The van der Waals surface area contributed by atoms with Crippen LogP contribution in [-0.4, -0.2) is 34.4 Å². The lowest BCUT2D eigenvalue weighted by Crippen LogP contribution is -2.35. The third-order valence-electron chi connectivity index (χ3n) is 5.02. The third-order valence-corrected chi connectivity index (χ3v) is 5.02. The molecule has 1 amide bonds. The number of benzene rings is 2. The summed E-state index contributed by atoms with van der Waals surface area (Å²) in [7, 11) is 1.66. The lowest BCUT2D eigenvalue weighted by molar-refractivity contribution is -0.134. The van der Waals surface area contributed by atoms with Crippen LogP contribution in [0.15, 0.2) is 48.5 Å². The topological polar surface area (TPSA) is 67.3 Å². The number of ether oxygens (including phenoxy) is 1. The Bertz CT molecular complexity index is 972. The van der Waals surface area contributed by atoms with Crippen LogP contribution >= 0.6 is 0 Å². The van der Waals surface area contributed by atoms with Gasteiger partial charge in [-0.05, 0) is 42.7 Å². The molecule has 1 aromatic heterocycles. The molecule has 1 saturated heterocycles. The molecule has 144 valence electrons. The van der Waals surface area contributed by atoms with Crippen LogP contribution in [-0.2, 0) is 17.9 Å². The largest absolute Gasteiger partial charge is 0.497 e. The summed E-state index contributed by atoms with van der Waals surface area (Å²) in [4.78, 5) is 23.4. The Kier molecular flexibility index (Phi) is 5.37. The molecule has 3 aromatic rings. The number of amides is 1. The zero-order chi connectivity index (χ0) is 19.3. The second-order valence-corrected chi connectivity index (χ2v) is 6.98. The van der Waals surface area contributed by atoms with Crippen LogP contribution in [0.25, 0.3) is 10.9 Å². The van der Waals surface area contributed by atoms with Crippen molar-refractivity contribution in [2.75, 3.05) is 19.0 Å². The number of likely N-dealkylation sites (tertiary alicyclic amines) is 1. The van der Waals surface area contributed by atoms with E-state index in [1.54, 1.807) is 7.11 Å². The van der Waals surface area contributed by atoms with Gasteiger partial charge in [-0.3, -0.25) is 4.79 Å². The molecule has 4 rings (SSSR count). The van der Waals surface area contributed by atoms with Crippen LogP contribution in [0.1, 0.15) is 30.7 Å². The molecule has 28 heavy (non-hydrogen) atoms. The molecule has 1 aliphatic rings. The summed E-state index contributed by atoms with van der Waals surface area (Å²) in [6.45, 7) is 1.89. The van der Waals surface area contributed by atoms with E-state index >= 15 is 0 Å². The zero-order valence-corrected chi connectivity index (χ0v) is 16.0. The maximum atomic E-state index is 12.2. The van der Waals surface area contributed by atoms with E-state index in [-0.39, 0.29) is 5.91 Å². The summed E-state index contributed by atoms with van der Waals surface area (Å²) in [6, 6.07) is 15.9. The molecule has 6 heteroatoms. The summed E-state index contributed by atoms with van der Waals surface area (Å²) in [6.07, 6.45) is 2.64. The number of anilines is 1. The number of fused-ring (bicyclic) bond motifs is 1. The summed E-state index contributed by atoms with van der Waals surface area (Å²) < 4.78 is 5.21. The quantitative estimate of drug-likeness (QED) is 0.709. The number of carbonyl (C=O) groups is 1. The average molecular weight is 376 g/mol. The molecule has 6 nitrogen and oxygen atoms in total. The first kappa shape index (κ1) is 18.2. The Morgan fingerprint density at radius 3 is 2.68 bits per heavy atom. The Hall–Kier alpha value is -3.15. The van der Waals surface area contributed by atoms with Crippen LogP contribution in [0.5, 0.6) is 5.75 Å². The van der Waals surface area contributed by atoms with Crippen LogP contribution in [0.3, 0.4) is 0 Å². The van der Waals surface area contributed by atoms with Crippen molar-refractivity contribution in [1.82, 2.24) is 14.9 Å². The number of hydrogen-bond acceptors (Lipinski definition) is 5. The van der Waals surface area contributed by atoms with Gasteiger partial charge in [-0.15, -0.1) is 0 Å². The molecular formula is C22H24N4O2. The van der Waals surface area contributed by atoms with Gasteiger partial charge in [0.2, 0.25) is 5.91 Å². The van der Waals surface area contributed by atoms with E-state index in [9.17, 15) is 4.79 Å². The number of piperidine rings is 1. The molecule has 2 aromatic carbocycles. The van der Waals surface area contributed by atoms with Crippen LogP contribution in [0.4, 0.5) is 5.82 Å². The van der Waals surface area contributed by atoms with Gasteiger partial charge < -0.3 is 15.0 Å². The van der Waals surface area contributed by atoms with Crippen LogP contribution in [0.2, 0.25) is 0 Å². The highest BCUT2D eigenvalue weighted by Crippen LogP contribution is 2.22. The van der Waals surface area contributed by atoms with Gasteiger partial charge in [0.25, 0.3) is 0 Å². The summed E-state index contributed by atoms with van der Waals surface area (Å²) >= 11 is 0. The van der Waals surface area contributed by atoms with E-state index in [1.165, 1.54) is 0 Å². The Morgan fingerprint density at radius 2 is 1.89 bits per heavy atom. The standard InChI is InChI=1S/C22H24N4O2/c1-28-17-11-9-16(10-12-17)14-23-22-18-6-2-3-7-19(18)24-20(25-22)15-26-13-5-4-8-21(26)27/h2-3,6-7,9-12H,4-5,8,13-15H2,1H3,(H,23,24,25). The molecule has 0 aliphatic carbocycles. The second-order valence-electron chi connectivity index (χ2n) is 6.98. The van der Waals surface area contributed by atoms with E-state index in [2.05, 4.69) is 10.3 Å². The van der Waals surface area contributed by atoms with Gasteiger partial charge in [-0.1, -0.05) is 24.3 Å². The van der Waals surface area contributed by atoms with Crippen LogP contribution in [0, 0.1) is 0 Å². The minimum Gasteiger partial charge on any atom is -0.497 e. The first-order valence-electron chi connectivity index (χ1n) is 9.63. The fraction of sp³-hybridized carbons (Fsp3) is 0.318. The first-order valence-corrected chi connectivity index (χ1v) is 9.63. The van der Waals surface area contributed by atoms with Gasteiger partial charge in [0.15, 0.2) is 5.82 Å². The molecule has 0 spiro atoms. The number of carbonyl (C=O) groups excluding carboxylic acids is 1. The van der Waals surface area contributed by atoms with Crippen molar-refractivity contribution in [2.45, 2.75) is 32.4 Å². The van der Waals surface area contributed by atoms with Crippen molar-refractivity contribution in [3.63, 3.8) is 0 Å².